The summed E-state index contributed by atoms with van der Waals surface area (Å²) in [7, 11) is 0. The fraction of sp³-hybridized carbons (Fsp3) is 1.00. The van der Waals surface area contributed by atoms with Gasteiger partial charge in [-0.1, -0.05) is 96.3 Å². The first-order valence-corrected chi connectivity index (χ1v) is 8.45. The van der Waals surface area contributed by atoms with Crippen LogP contribution in [0.2, 0.25) is 0 Å². The molecule has 3 saturated carbocycles. The van der Waals surface area contributed by atoms with Crippen LogP contribution in [0.4, 0.5) is 0 Å². The van der Waals surface area contributed by atoms with Gasteiger partial charge in [0.25, 0.3) is 0 Å². The Hall–Kier alpha value is 0. The molecular formula is C17H32. The number of hydrogen-bond acceptors (Lipinski definition) is 0. The highest BCUT2D eigenvalue weighted by Crippen LogP contribution is 2.34. The Labute approximate surface area is 109 Å². The molecule has 3 aliphatic carbocycles. The molecule has 0 nitrogen and oxygen atoms in total. The molecular weight excluding hydrogens is 204 g/mol. The summed E-state index contributed by atoms with van der Waals surface area (Å²) < 4.78 is 0. The van der Waals surface area contributed by atoms with E-state index >= 15 is 0 Å². The molecule has 0 unspecified atom stereocenters. The van der Waals surface area contributed by atoms with Gasteiger partial charge in [-0.3, -0.25) is 0 Å². The predicted octanol–water partition coefficient (Wildman–Crippen LogP) is 6.10. The first-order valence-electron chi connectivity index (χ1n) is 8.45. The van der Waals surface area contributed by atoms with E-state index in [0.717, 1.165) is 11.8 Å². The molecule has 0 spiro atoms. The Morgan fingerprint density at radius 1 is 0.294 bits per heavy atom. The minimum atomic E-state index is 1.11. The van der Waals surface area contributed by atoms with Crippen molar-refractivity contribution in [2.45, 2.75) is 96.3 Å². The molecule has 0 radical (unpaired) electrons. The SMILES string of the molecule is C1CCCCCC2CCC(CCCCC1)CC2. The van der Waals surface area contributed by atoms with Crippen molar-refractivity contribution in [3.63, 3.8) is 0 Å². The fourth-order valence-electron chi connectivity index (χ4n) is 3.91. The molecule has 0 saturated heterocycles. The molecule has 3 fully saturated rings. The molecule has 2 bridgehead atoms. The lowest BCUT2D eigenvalue weighted by atomic mass is 9.78. The van der Waals surface area contributed by atoms with Crippen LogP contribution in [0.15, 0.2) is 0 Å². The molecule has 3 rings (SSSR count). The lowest BCUT2D eigenvalue weighted by Gasteiger charge is -2.28. The maximum Gasteiger partial charge on any atom is -0.0414 e. The highest BCUT2D eigenvalue weighted by molar-refractivity contribution is 4.73. The smallest absolute Gasteiger partial charge is 0.0414 e. The normalized spacial score (nSPS) is 33.9. The van der Waals surface area contributed by atoms with Crippen LogP contribution in [0.5, 0.6) is 0 Å². The predicted molar refractivity (Wildman–Crippen MR) is 76.2 cm³/mol. The molecule has 0 N–H and O–H groups in total. The van der Waals surface area contributed by atoms with Gasteiger partial charge >= 0.3 is 0 Å². The van der Waals surface area contributed by atoms with Crippen LogP contribution < -0.4 is 0 Å². The first kappa shape index (κ1) is 13.4. The fourth-order valence-corrected chi connectivity index (χ4v) is 3.91. The highest BCUT2D eigenvalue weighted by Gasteiger charge is 2.20. The minimum absolute atomic E-state index is 1.11. The maximum atomic E-state index is 1.56. The van der Waals surface area contributed by atoms with Crippen molar-refractivity contribution < 1.29 is 0 Å². The molecule has 0 amide bonds. The molecule has 0 aromatic heterocycles. The van der Waals surface area contributed by atoms with Crippen LogP contribution in [-0.2, 0) is 0 Å². The van der Waals surface area contributed by atoms with Gasteiger partial charge in [-0.2, -0.15) is 0 Å². The molecule has 3 aliphatic rings. The van der Waals surface area contributed by atoms with E-state index < -0.39 is 0 Å². The van der Waals surface area contributed by atoms with Gasteiger partial charge in [0.15, 0.2) is 0 Å². The van der Waals surface area contributed by atoms with Crippen molar-refractivity contribution in [3.05, 3.63) is 0 Å². The number of rotatable bonds is 0. The van der Waals surface area contributed by atoms with Crippen LogP contribution >= 0.6 is 0 Å². The Kier molecular flexibility index (Phi) is 6.45. The topological polar surface area (TPSA) is 0 Å². The number of fused-ring (bicyclic) bond motifs is 12. The Morgan fingerprint density at radius 2 is 0.588 bits per heavy atom. The van der Waals surface area contributed by atoms with Crippen LogP contribution in [0, 0.1) is 11.8 Å². The third-order valence-electron chi connectivity index (χ3n) is 5.19. The summed E-state index contributed by atoms with van der Waals surface area (Å²) >= 11 is 0. The van der Waals surface area contributed by atoms with Gasteiger partial charge in [0.05, 0.1) is 0 Å². The lowest BCUT2D eigenvalue weighted by Crippen LogP contribution is -2.14. The maximum absolute atomic E-state index is 1.56. The van der Waals surface area contributed by atoms with Crippen molar-refractivity contribution >= 4 is 0 Å². The molecule has 0 heterocycles. The largest absolute Gasteiger partial charge is 0.0533 e. The van der Waals surface area contributed by atoms with E-state index in [1.54, 1.807) is 38.5 Å². The summed E-state index contributed by atoms with van der Waals surface area (Å²) in [6, 6.07) is 0. The van der Waals surface area contributed by atoms with E-state index in [1.165, 1.54) is 57.8 Å². The third-order valence-corrected chi connectivity index (χ3v) is 5.19. The summed E-state index contributed by atoms with van der Waals surface area (Å²) in [5.41, 5.74) is 0. The van der Waals surface area contributed by atoms with Crippen molar-refractivity contribution in [3.8, 4) is 0 Å². The Bertz CT molecular complexity index is 151. The van der Waals surface area contributed by atoms with Crippen molar-refractivity contribution in [1.29, 1.82) is 0 Å². The van der Waals surface area contributed by atoms with Gasteiger partial charge in [-0.15, -0.1) is 0 Å². The molecule has 0 aromatic rings. The zero-order valence-corrected chi connectivity index (χ0v) is 11.8. The quantitative estimate of drug-likeness (QED) is 0.477. The van der Waals surface area contributed by atoms with Crippen molar-refractivity contribution in [2.75, 3.05) is 0 Å². The molecule has 17 heavy (non-hydrogen) atoms. The van der Waals surface area contributed by atoms with E-state index in [9.17, 15) is 0 Å². The second-order valence-corrected chi connectivity index (χ2v) is 6.65. The monoisotopic (exact) mass is 236 g/mol. The molecule has 0 atom stereocenters. The zero-order valence-electron chi connectivity index (χ0n) is 11.8. The first-order chi connectivity index (χ1) is 8.45. The average Bonchev–Trinajstić information content (AvgIpc) is 2.38. The Morgan fingerprint density at radius 3 is 0.941 bits per heavy atom. The van der Waals surface area contributed by atoms with Gasteiger partial charge in [0, 0.05) is 0 Å². The van der Waals surface area contributed by atoms with Gasteiger partial charge in [0.2, 0.25) is 0 Å². The third kappa shape index (κ3) is 5.44. The standard InChI is InChI=1S/C17H32/c1-2-4-6-8-10-16-12-14-17(15-13-16)11-9-7-5-3-1/h16-17H,1-15H2. The average molecular weight is 236 g/mol. The lowest BCUT2D eigenvalue weighted by molar-refractivity contribution is 0.245. The van der Waals surface area contributed by atoms with E-state index in [0.29, 0.717) is 0 Å². The van der Waals surface area contributed by atoms with Crippen molar-refractivity contribution in [1.82, 2.24) is 0 Å². The Balaban J connectivity index is 1.71. The second kappa shape index (κ2) is 8.16. The molecule has 0 heteroatoms. The van der Waals surface area contributed by atoms with E-state index in [2.05, 4.69) is 0 Å². The van der Waals surface area contributed by atoms with E-state index in [4.69, 9.17) is 0 Å². The number of hydrogen-bond donors (Lipinski definition) is 0. The minimum Gasteiger partial charge on any atom is -0.0533 e. The molecule has 0 aliphatic heterocycles. The van der Waals surface area contributed by atoms with Gasteiger partial charge in [-0.05, 0) is 11.8 Å². The van der Waals surface area contributed by atoms with Crippen molar-refractivity contribution in [2.24, 2.45) is 11.8 Å². The van der Waals surface area contributed by atoms with Crippen LogP contribution in [0.25, 0.3) is 0 Å². The van der Waals surface area contributed by atoms with Crippen LogP contribution in [0.3, 0.4) is 0 Å². The second-order valence-electron chi connectivity index (χ2n) is 6.65. The summed E-state index contributed by atoms with van der Waals surface area (Å²) in [5.74, 6) is 2.22. The van der Waals surface area contributed by atoms with Gasteiger partial charge in [-0.25, -0.2) is 0 Å². The summed E-state index contributed by atoms with van der Waals surface area (Å²) in [4.78, 5) is 0. The summed E-state index contributed by atoms with van der Waals surface area (Å²) in [6.45, 7) is 0. The molecule has 0 aromatic carbocycles. The van der Waals surface area contributed by atoms with E-state index in [-0.39, 0.29) is 0 Å². The highest BCUT2D eigenvalue weighted by atomic mass is 14.3. The van der Waals surface area contributed by atoms with Gasteiger partial charge in [0.1, 0.15) is 0 Å². The van der Waals surface area contributed by atoms with Crippen LogP contribution in [-0.4, -0.2) is 0 Å². The molecule has 100 valence electrons. The van der Waals surface area contributed by atoms with Gasteiger partial charge < -0.3 is 0 Å². The summed E-state index contributed by atoms with van der Waals surface area (Å²) in [5, 5.41) is 0. The summed E-state index contributed by atoms with van der Waals surface area (Å²) in [6.07, 6.45) is 23.0. The van der Waals surface area contributed by atoms with Crippen LogP contribution in [0.1, 0.15) is 96.3 Å². The van der Waals surface area contributed by atoms with E-state index in [1.807, 2.05) is 0 Å². The zero-order chi connectivity index (χ0) is 11.8.